The number of nitrogens with one attached hydrogen (secondary N) is 2. The van der Waals surface area contributed by atoms with Crippen molar-refractivity contribution in [3.63, 3.8) is 0 Å². The van der Waals surface area contributed by atoms with Crippen molar-refractivity contribution >= 4 is 34.8 Å². The normalized spacial score (nSPS) is 14.2. The van der Waals surface area contributed by atoms with E-state index in [2.05, 4.69) is 20.3 Å². The number of thiophene rings is 1. The molecule has 0 saturated carbocycles. The Morgan fingerprint density at radius 2 is 1.86 bits per heavy atom. The lowest BCUT2D eigenvalue weighted by Crippen LogP contribution is -2.30. The molecule has 2 N–H and O–H groups in total. The zero-order valence-electron chi connectivity index (χ0n) is 16.4. The molecule has 2 heterocycles. The highest BCUT2D eigenvalue weighted by Gasteiger charge is 2.15. The lowest BCUT2D eigenvalue weighted by molar-refractivity contribution is -0.139. The highest BCUT2D eigenvalue weighted by molar-refractivity contribution is 7.14. The number of esters is 1. The minimum absolute atomic E-state index is 0.202. The number of benzene rings is 1. The van der Waals surface area contributed by atoms with E-state index >= 15 is 0 Å². The number of methoxy groups -OCH3 is 1. The number of amides is 2. The molecular formula is C21H25N3O4S. The van der Waals surface area contributed by atoms with Gasteiger partial charge in [0.15, 0.2) is 0 Å². The molecule has 29 heavy (non-hydrogen) atoms. The summed E-state index contributed by atoms with van der Waals surface area (Å²) in [6, 6.07) is 10.4. The zero-order valence-corrected chi connectivity index (χ0v) is 17.2. The zero-order chi connectivity index (χ0) is 20.6. The molecule has 1 saturated heterocycles. The maximum absolute atomic E-state index is 12.6. The molecule has 0 radical (unpaired) electrons. The molecule has 1 aliphatic rings. The lowest BCUT2D eigenvalue weighted by atomic mass is 10.1. The van der Waals surface area contributed by atoms with Gasteiger partial charge in [0.25, 0.3) is 11.8 Å². The second-order valence-electron chi connectivity index (χ2n) is 6.90. The summed E-state index contributed by atoms with van der Waals surface area (Å²) in [7, 11) is 1.26. The number of nitrogens with zero attached hydrogens (tertiary/aromatic N) is 1. The van der Waals surface area contributed by atoms with E-state index in [9.17, 15) is 14.4 Å². The van der Waals surface area contributed by atoms with E-state index in [1.165, 1.54) is 42.6 Å². The molecule has 154 valence electrons. The molecule has 7 nitrogen and oxygen atoms in total. The van der Waals surface area contributed by atoms with Crippen LogP contribution < -0.4 is 10.6 Å². The molecule has 1 aromatic heterocycles. The predicted octanol–water partition coefficient (Wildman–Crippen LogP) is 2.89. The minimum Gasteiger partial charge on any atom is -0.468 e. The molecule has 1 fully saturated rings. The standard InChI is InChI=1S/C21H25N3O4S/c1-28-19(25)13-22-20(26)15-6-5-7-16(12-15)23-21(27)18-9-8-17(29-18)14-24-10-3-2-4-11-24/h5-9,12H,2-4,10-11,13-14H2,1H3,(H,22,26)(H,23,27). The van der Waals surface area contributed by atoms with E-state index in [0.717, 1.165) is 19.6 Å². The van der Waals surface area contributed by atoms with Crippen LogP contribution in [0, 0.1) is 0 Å². The molecule has 3 rings (SSSR count). The van der Waals surface area contributed by atoms with Crippen molar-refractivity contribution in [1.82, 2.24) is 10.2 Å². The maximum Gasteiger partial charge on any atom is 0.325 e. The quantitative estimate of drug-likeness (QED) is 0.679. The van der Waals surface area contributed by atoms with E-state index in [0.29, 0.717) is 16.1 Å². The number of rotatable bonds is 7. The van der Waals surface area contributed by atoms with Gasteiger partial charge in [0.1, 0.15) is 6.54 Å². The fourth-order valence-electron chi connectivity index (χ4n) is 3.18. The molecule has 0 aliphatic carbocycles. The van der Waals surface area contributed by atoms with Gasteiger partial charge in [-0.05, 0) is 56.3 Å². The Kier molecular flexibility index (Phi) is 7.37. The van der Waals surface area contributed by atoms with Gasteiger partial charge in [-0.1, -0.05) is 12.5 Å². The Bertz CT molecular complexity index is 874. The van der Waals surface area contributed by atoms with Gasteiger partial charge in [-0.25, -0.2) is 0 Å². The third kappa shape index (κ3) is 6.13. The van der Waals surface area contributed by atoms with E-state index in [1.54, 1.807) is 24.3 Å². The molecule has 2 aromatic rings. The largest absolute Gasteiger partial charge is 0.468 e. The summed E-state index contributed by atoms with van der Waals surface area (Å²) >= 11 is 1.49. The number of ether oxygens (including phenoxy) is 1. The predicted molar refractivity (Wildman–Crippen MR) is 112 cm³/mol. The van der Waals surface area contributed by atoms with Gasteiger partial charge in [0, 0.05) is 22.7 Å². The Hall–Kier alpha value is -2.71. The molecule has 1 aliphatic heterocycles. The molecule has 2 amide bonds. The van der Waals surface area contributed by atoms with Crippen LogP contribution >= 0.6 is 11.3 Å². The summed E-state index contributed by atoms with van der Waals surface area (Å²) < 4.78 is 4.50. The van der Waals surface area contributed by atoms with Gasteiger partial charge in [-0.2, -0.15) is 0 Å². The summed E-state index contributed by atoms with van der Waals surface area (Å²) in [4.78, 5) is 40.1. The Morgan fingerprint density at radius 1 is 1.07 bits per heavy atom. The van der Waals surface area contributed by atoms with Gasteiger partial charge in [0.2, 0.25) is 0 Å². The van der Waals surface area contributed by atoms with Gasteiger partial charge < -0.3 is 15.4 Å². The summed E-state index contributed by atoms with van der Waals surface area (Å²) in [6.45, 7) is 2.91. The number of hydrogen-bond donors (Lipinski definition) is 2. The fourth-order valence-corrected chi connectivity index (χ4v) is 4.13. The summed E-state index contributed by atoms with van der Waals surface area (Å²) in [5, 5.41) is 5.31. The summed E-state index contributed by atoms with van der Waals surface area (Å²) in [5.41, 5.74) is 0.871. The van der Waals surface area contributed by atoms with Crippen molar-refractivity contribution in [1.29, 1.82) is 0 Å². The van der Waals surface area contributed by atoms with Crippen molar-refractivity contribution in [2.24, 2.45) is 0 Å². The van der Waals surface area contributed by atoms with Gasteiger partial charge in [-0.15, -0.1) is 11.3 Å². The first-order chi connectivity index (χ1) is 14.0. The Balaban J connectivity index is 1.57. The van der Waals surface area contributed by atoms with Crippen LogP contribution in [0.3, 0.4) is 0 Å². The minimum atomic E-state index is -0.527. The molecule has 0 spiro atoms. The fraction of sp³-hybridized carbons (Fsp3) is 0.381. The van der Waals surface area contributed by atoms with Crippen molar-refractivity contribution in [3.8, 4) is 0 Å². The van der Waals surface area contributed by atoms with Crippen molar-refractivity contribution in [3.05, 3.63) is 51.7 Å². The van der Waals surface area contributed by atoms with E-state index in [-0.39, 0.29) is 12.5 Å². The van der Waals surface area contributed by atoms with Crippen LogP contribution in [0.1, 0.15) is 44.2 Å². The van der Waals surface area contributed by atoms with Crippen LogP contribution in [-0.2, 0) is 16.1 Å². The molecular weight excluding hydrogens is 390 g/mol. The van der Waals surface area contributed by atoms with Crippen LogP contribution in [0.2, 0.25) is 0 Å². The average Bonchev–Trinajstić information content (AvgIpc) is 3.21. The first kappa shape index (κ1) is 21.0. The summed E-state index contributed by atoms with van der Waals surface area (Å²) in [6.07, 6.45) is 3.78. The van der Waals surface area contributed by atoms with Crippen molar-refractivity contribution < 1.29 is 19.1 Å². The lowest BCUT2D eigenvalue weighted by Gasteiger charge is -2.25. The second-order valence-corrected chi connectivity index (χ2v) is 8.06. The van der Waals surface area contributed by atoms with Gasteiger partial charge >= 0.3 is 5.97 Å². The highest BCUT2D eigenvalue weighted by atomic mass is 32.1. The number of piperidine rings is 1. The molecule has 1 aromatic carbocycles. The van der Waals surface area contributed by atoms with E-state index < -0.39 is 11.9 Å². The van der Waals surface area contributed by atoms with Crippen LogP contribution in [0.4, 0.5) is 5.69 Å². The Labute approximate surface area is 174 Å². The summed E-state index contributed by atoms with van der Waals surface area (Å²) in [5.74, 6) is -1.14. The monoisotopic (exact) mass is 415 g/mol. The number of hydrogen-bond acceptors (Lipinski definition) is 6. The van der Waals surface area contributed by atoms with Crippen molar-refractivity contribution in [2.45, 2.75) is 25.8 Å². The number of carbonyl (C=O) groups is 3. The van der Waals surface area contributed by atoms with Crippen molar-refractivity contribution in [2.75, 3.05) is 32.1 Å². The van der Waals surface area contributed by atoms with Gasteiger partial charge in [0.05, 0.1) is 12.0 Å². The van der Waals surface area contributed by atoms with Crippen LogP contribution in [0.5, 0.6) is 0 Å². The van der Waals surface area contributed by atoms with Crippen LogP contribution in [0.25, 0.3) is 0 Å². The molecule has 0 atom stereocenters. The number of carbonyl (C=O) groups excluding carboxylic acids is 3. The van der Waals surface area contributed by atoms with E-state index in [1.807, 2.05) is 12.1 Å². The highest BCUT2D eigenvalue weighted by Crippen LogP contribution is 2.22. The first-order valence-corrected chi connectivity index (χ1v) is 10.4. The maximum atomic E-state index is 12.6. The Morgan fingerprint density at radius 3 is 2.62 bits per heavy atom. The molecule has 0 unspecified atom stereocenters. The third-order valence-corrected chi connectivity index (χ3v) is 5.79. The topological polar surface area (TPSA) is 87.7 Å². The second kappa shape index (κ2) is 10.2. The SMILES string of the molecule is COC(=O)CNC(=O)c1cccc(NC(=O)c2ccc(CN3CCCCC3)s2)c1. The van der Waals surface area contributed by atoms with Crippen LogP contribution in [-0.4, -0.2) is 49.4 Å². The van der Waals surface area contributed by atoms with E-state index in [4.69, 9.17) is 0 Å². The number of anilines is 1. The number of likely N-dealkylation sites (tertiary alicyclic amines) is 1. The molecule has 8 heteroatoms. The smallest absolute Gasteiger partial charge is 0.325 e. The molecule has 0 bridgehead atoms. The first-order valence-electron chi connectivity index (χ1n) is 9.62. The average molecular weight is 416 g/mol. The van der Waals surface area contributed by atoms with Crippen LogP contribution in [0.15, 0.2) is 36.4 Å². The third-order valence-electron chi connectivity index (χ3n) is 4.72. The van der Waals surface area contributed by atoms with Gasteiger partial charge in [-0.3, -0.25) is 19.3 Å².